The van der Waals surface area contributed by atoms with Crippen LogP contribution in [0.1, 0.15) is 22.2 Å². The number of halogens is 2. The number of hydrogen-bond donors (Lipinski definition) is 0. The predicted octanol–water partition coefficient (Wildman–Crippen LogP) is 6.70. The van der Waals surface area contributed by atoms with Crippen molar-refractivity contribution in [3.63, 3.8) is 0 Å². The number of aromatic nitrogens is 3. The normalized spacial score (nSPS) is 11.7. The van der Waals surface area contributed by atoms with Crippen LogP contribution < -0.4 is 14.2 Å². The Morgan fingerprint density at radius 3 is 2.42 bits per heavy atom. The summed E-state index contributed by atoms with van der Waals surface area (Å²) in [5.41, 5.74) is 2.43. The molecule has 0 aliphatic rings. The van der Waals surface area contributed by atoms with E-state index in [9.17, 15) is 10.1 Å². The molecule has 0 fully saturated rings. The largest absolute Gasteiger partial charge is 0.497 e. The third-order valence-corrected chi connectivity index (χ3v) is 7.63. The van der Waals surface area contributed by atoms with Gasteiger partial charge in [-0.25, -0.2) is 0 Å². The third kappa shape index (κ3) is 6.58. The first-order valence-corrected chi connectivity index (χ1v) is 13.4. The second-order valence-corrected chi connectivity index (χ2v) is 10.6. The van der Waals surface area contributed by atoms with Gasteiger partial charge in [0.15, 0.2) is 16.7 Å². The van der Waals surface area contributed by atoms with Gasteiger partial charge >= 0.3 is 0 Å². The van der Waals surface area contributed by atoms with E-state index >= 15 is 0 Å². The number of thioether (sulfide) groups is 1. The quantitative estimate of drug-likeness (QED) is 0.104. The Labute approximate surface area is 237 Å². The summed E-state index contributed by atoms with van der Waals surface area (Å²) in [7, 11) is 3.13. The number of rotatable bonds is 11. The Bertz CT molecular complexity index is 1420. The minimum absolute atomic E-state index is 0.294. The summed E-state index contributed by atoms with van der Waals surface area (Å²) in [6, 6.07) is 18.3. The lowest BCUT2D eigenvalue weighted by molar-refractivity contribution is -0.479. The van der Waals surface area contributed by atoms with Crippen LogP contribution >= 0.6 is 39.3 Å². The van der Waals surface area contributed by atoms with Crippen LogP contribution in [0.5, 0.6) is 17.2 Å². The van der Waals surface area contributed by atoms with Crippen molar-refractivity contribution < 1.29 is 19.1 Å². The summed E-state index contributed by atoms with van der Waals surface area (Å²) in [4.78, 5) is 11.3. The van der Waals surface area contributed by atoms with Gasteiger partial charge in [0.1, 0.15) is 23.4 Å². The molecule has 1 heterocycles. The lowest BCUT2D eigenvalue weighted by Gasteiger charge is -2.18. The molecule has 1 aromatic heterocycles. The zero-order chi connectivity index (χ0) is 27.2. The maximum Gasteiger partial charge on any atom is 0.220 e. The molecule has 0 N–H and O–H groups in total. The number of ether oxygens (including phenoxy) is 3. The molecular weight excluding hydrogens is 596 g/mol. The first-order valence-electron chi connectivity index (χ1n) is 11.4. The zero-order valence-electron chi connectivity index (χ0n) is 20.8. The lowest BCUT2D eigenvalue weighted by atomic mass is 10.1. The van der Waals surface area contributed by atoms with E-state index in [1.165, 1.54) is 18.9 Å². The van der Waals surface area contributed by atoms with E-state index in [-0.39, 0.29) is 11.5 Å². The SMILES string of the molecule is COc1ccc(-n2c(C)nnc2S[C@H](C[N+](=O)[O-])c2cc(Br)c(OCc3ccc(Cl)cc3)c(OC)c2)cc1. The van der Waals surface area contributed by atoms with Crippen LogP contribution in [0.4, 0.5) is 0 Å². The number of nitrogens with zero attached hydrogens (tertiary/aromatic N) is 4. The molecule has 4 aromatic rings. The number of nitro groups is 1. The molecule has 0 spiro atoms. The smallest absolute Gasteiger partial charge is 0.220 e. The molecule has 4 rings (SSSR count). The number of aryl methyl sites for hydroxylation is 1. The topological polar surface area (TPSA) is 102 Å². The van der Waals surface area contributed by atoms with Gasteiger partial charge in [0.05, 0.1) is 18.7 Å². The van der Waals surface area contributed by atoms with Crippen LogP contribution in [-0.4, -0.2) is 40.5 Å². The van der Waals surface area contributed by atoms with E-state index in [1.807, 2.05) is 54.0 Å². The van der Waals surface area contributed by atoms with Gasteiger partial charge in [0.25, 0.3) is 0 Å². The standard InChI is InChI=1S/C26H24BrClN4O5S/c1-16-29-30-26(32(16)20-8-10-21(35-2)11-9-20)38-24(14-31(33)34)18-12-22(27)25(23(13-18)36-3)37-15-17-4-6-19(28)7-5-17/h4-13,24H,14-15H2,1-3H3/t24-/m1/s1. The molecule has 0 amide bonds. The fraction of sp³-hybridized carbons (Fsp3) is 0.231. The van der Waals surface area contributed by atoms with Gasteiger partial charge < -0.3 is 14.2 Å². The zero-order valence-corrected chi connectivity index (χ0v) is 23.9. The van der Waals surface area contributed by atoms with E-state index in [1.54, 1.807) is 25.3 Å². The molecule has 0 aliphatic carbocycles. The van der Waals surface area contributed by atoms with Crippen molar-refractivity contribution in [1.29, 1.82) is 0 Å². The summed E-state index contributed by atoms with van der Waals surface area (Å²) in [6.07, 6.45) is 0. The van der Waals surface area contributed by atoms with Gasteiger partial charge in [0, 0.05) is 15.6 Å². The Hall–Kier alpha value is -3.28. The fourth-order valence-corrected chi connectivity index (χ4v) is 5.58. The van der Waals surface area contributed by atoms with E-state index < -0.39 is 5.25 Å². The molecule has 38 heavy (non-hydrogen) atoms. The predicted molar refractivity (Wildman–Crippen MR) is 150 cm³/mol. The molecule has 0 aliphatic heterocycles. The van der Waals surface area contributed by atoms with Gasteiger partial charge in [-0.2, -0.15) is 0 Å². The summed E-state index contributed by atoms with van der Waals surface area (Å²) in [5.74, 6) is 2.32. The molecule has 12 heteroatoms. The Kier molecular flexibility index (Phi) is 9.13. The van der Waals surface area contributed by atoms with Crippen molar-refractivity contribution in [2.24, 2.45) is 0 Å². The van der Waals surface area contributed by atoms with Crippen molar-refractivity contribution in [2.45, 2.75) is 23.9 Å². The number of benzene rings is 3. The van der Waals surface area contributed by atoms with Crippen molar-refractivity contribution in [3.8, 4) is 22.9 Å². The molecule has 0 unspecified atom stereocenters. The van der Waals surface area contributed by atoms with Gasteiger partial charge in [-0.05, 0) is 82.5 Å². The van der Waals surface area contributed by atoms with Gasteiger partial charge in [-0.15, -0.1) is 10.2 Å². The summed E-state index contributed by atoms with van der Waals surface area (Å²) in [5, 5.41) is 20.8. The molecule has 0 saturated carbocycles. The highest BCUT2D eigenvalue weighted by atomic mass is 79.9. The van der Waals surface area contributed by atoms with Crippen LogP contribution in [0.25, 0.3) is 5.69 Å². The van der Waals surface area contributed by atoms with Crippen molar-refractivity contribution in [3.05, 3.63) is 97.2 Å². The van der Waals surface area contributed by atoms with E-state index in [0.29, 0.717) is 44.1 Å². The first-order chi connectivity index (χ1) is 18.3. The Morgan fingerprint density at radius 2 is 1.79 bits per heavy atom. The van der Waals surface area contributed by atoms with Gasteiger partial charge in [-0.1, -0.05) is 35.5 Å². The summed E-state index contributed by atoms with van der Waals surface area (Å²) in [6.45, 7) is 1.79. The first kappa shape index (κ1) is 27.7. The molecular formula is C26H24BrClN4O5S. The van der Waals surface area contributed by atoms with E-state index in [4.69, 9.17) is 25.8 Å². The summed E-state index contributed by atoms with van der Waals surface area (Å²) >= 11 is 10.8. The molecule has 0 bridgehead atoms. The Morgan fingerprint density at radius 1 is 1.08 bits per heavy atom. The third-order valence-electron chi connectivity index (χ3n) is 5.61. The minimum atomic E-state index is -0.582. The van der Waals surface area contributed by atoms with Crippen LogP contribution in [-0.2, 0) is 6.61 Å². The average molecular weight is 620 g/mol. The number of methoxy groups -OCH3 is 2. The highest BCUT2D eigenvalue weighted by molar-refractivity contribution is 9.10. The second-order valence-electron chi connectivity index (χ2n) is 8.13. The Balaban J connectivity index is 1.64. The molecule has 9 nitrogen and oxygen atoms in total. The molecule has 198 valence electrons. The van der Waals surface area contributed by atoms with Crippen LogP contribution in [0.15, 0.2) is 70.3 Å². The maximum absolute atomic E-state index is 11.7. The molecule has 3 aromatic carbocycles. The highest BCUT2D eigenvalue weighted by Crippen LogP contribution is 2.43. The monoisotopic (exact) mass is 618 g/mol. The maximum atomic E-state index is 11.7. The molecule has 0 saturated heterocycles. The van der Waals surface area contributed by atoms with Gasteiger partial charge in [0.2, 0.25) is 6.54 Å². The molecule has 1 atom stereocenters. The van der Waals surface area contributed by atoms with Crippen LogP contribution in [0.3, 0.4) is 0 Å². The average Bonchev–Trinajstić information content (AvgIpc) is 3.27. The van der Waals surface area contributed by atoms with Crippen LogP contribution in [0.2, 0.25) is 5.02 Å². The lowest BCUT2D eigenvalue weighted by Crippen LogP contribution is -2.12. The van der Waals surface area contributed by atoms with Crippen molar-refractivity contribution in [1.82, 2.24) is 14.8 Å². The summed E-state index contributed by atoms with van der Waals surface area (Å²) < 4.78 is 19.3. The van der Waals surface area contributed by atoms with E-state index in [0.717, 1.165) is 17.0 Å². The fourth-order valence-electron chi connectivity index (χ4n) is 3.72. The van der Waals surface area contributed by atoms with Crippen LogP contribution in [0, 0.1) is 17.0 Å². The second kappa shape index (κ2) is 12.5. The van der Waals surface area contributed by atoms with Gasteiger partial charge in [-0.3, -0.25) is 14.7 Å². The van der Waals surface area contributed by atoms with Crippen molar-refractivity contribution >= 4 is 39.3 Å². The highest BCUT2D eigenvalue weighted by Gasteiger charge is 2.26. The minimum Gasteiger partial charge on any atom is -0.497 e. The molecule has 0 radical (unpaired) electrons. The van der Waals surface area contributed by atoms with Crippen molar-refractivity contribution in [2.75, 3.05) is 20.8 Å². The number of hydrogen-bond acceptors (Lipinski definition) is 8. The van der Waals surface area contributed by atoms with E-state index in [2.05, 4.69) is 26.1 Å².